The highest BCUT2D eigenvalue weighted by Gasteiger charge is 1.96. The standard InChI is InChI=1S/C8H9BrN2O2/c9-7-2-1-6(5-11-7)13-4-3-8(10)12/h1-2,5H,3-4H2,(H2,10,12). The molecule has 0 saturated carbocycles. The molecule has 13 heavy (non-hydrogen) atoms. The second kappa shape index (κ2) is 4.81. The molecule has 0 saturated heterocycles. The minimum absolute atomic E-state index is 0.218. The molecule has 0 fully saturated rings. The fourth-order valence-electron chi connectivity index (χ4n) is 0.717. The van der Waals surface area contributed by atoms with Crippen LogP contribution in [0.25, 0.3) is 0 Å². The molecule has 1 heterocycles. The highest BCUT2D eigenvalue weighted by atomic mass is 79.9. The van der Waals surface area contributed by atoms with Crippen LogP contribution in [0.4, 0.5) is 0 Å². The predicted molar refractivity (Wildman–Crippen MR) is 51.2 cm³/mol. The van der Waals surface area contributed by atoms with Crippen molar-refractivity contribution in [1.82, 2.24) is 4.98 Å². The summed E-state index contributed by atoms with van der Waals surface area (Å²) < 4.78 is 5.93. The lowest BCUT2D eigenvalue weighted by molar-refractivity contribution is -0.118. The van der Waals surface area contributed by atoms with Crippen LogP contribution in [0.5, 0.6) is 5.75 Å². The van der Waals surface area contributed by atoms with Gasteiger partial charge in [0.05, 0.1) is 19.2 Å². The molecule has 0 aliphatic rings. The maximum atomic E-state index is 10.4. The van der Waals surface area contributed by atoms with Gasteiger partial charge in [-0.1, -0.05) is 0 Å². The molecule has 0 unspecified atom stereocenters. The van der Waals surface area contributed by atoms with Crippen LogP contribution in [0.2, 0.25) is 0 Å². The van der Waals surface area contributed by atoms with Crippen molar-refractivity contribution < 1.29 is 9.53 Å². The van der Waals surface area contributed by atoms with Crippen LogP contribution in [0.3, 0.4) is 0 Å². The first kappa shape index (κ1) is 9.98. The number of hydrogen-bond acceptors (Lipinski definition) is 3. The molecule has 1 aromatic heterocycles. The topological polar surface area (TPSA) is 65.2 Å². The summed E-state index contributed by atoms with van der Waals surface area (Å²) in [6.45, 7) is 0.290. The second-order valence-corrected chi connectivity index (χ2v) is 3.19. The number of hydrogen-bond donors (Lipinski definition) is 1. The SMILES string of the molecule is NC(=O)CCOc1ccc(Br)nc1. The molecule has 0 aliphatic carbocycles. The van der Waals surface area contributed by atoms with Gasteiger partial charge >= 0.3 is 0 Å². The van der Waals surface area contributed by atoms with Crippen molar-refractivity contribution in [3.63, 3.8) is 0 Å². The molecule has 4 nitrogen and oxygen atoms in total. The number of ether oxygens (including phenoxy) is 1. The molecular formula is C8H9BrN2O2. The summed E-state index contributed by atoms with van der Waals surface area (Å²) in [4.78, 5) is 14.3. The van der Waals surface area contributed by atoms with Gasteiger partial charge in [-0.05, 0) is 28.1 Å². The van der Waals surface area contributed by atoms with Gasteiger partial charge in [0.25, 0.3) is 0 Å². The lowest BCUT2D eigenvalue weighted by Gasteiger charge is -2.03. The van der Waals surface area contributed by atoms with Crippen molar-refractivity contribution in [2.45, 2.75) is 6.42 Å². The molecule has 1 amide bonds. The molecule has 5 heteroatoms. The van der Waals surface area contributed by atoms with E-state index in [0.29, 0.717) is 12.4 Å². The molecule has 0 aliphatic heterocycles. The Hall–Kier alpha value is -1.10. The largest absolute Gasteiger partial charge is 0.491 e. The van der Waals surface area contributed by atoms with E-state index in [1.807, 2.05) is 0 Å². The fourth-order valence-corrected chi connectivity index (χ4v) is 0.952. The van der Waals surface area contributed by atoms with Gasteiger partial charge in [0.15, 0.2) is 0 Å². The van der Waals surface area contributed by atoms with Crippen LogP contribution < -0.4 is 10.5 Å². The summed E-state index contributed by atoms with van der Waals surface area (Å²) in [5.74, 6) is 0.259. The number of carbonyl (C=O) groups excluding carboxylic acids is 1. The first-order valence-corrected chi connectivity index (χ1v) is 4.50. The Labute approximate surface area is 84.2 Å². The molecule has 0 radical (unpaired) electrons. The summed E-state index contributed by atoms with van der Waals surface area (Å²) in [5, 5.41) is 0. The minimum Gasteiger partial charge on any atom is -0.491 e. The van der Waals surface area contributed by atoms with Crippen LogP contribution in [-0.4, -0.2) is 17.5 Å². The van der Waals surface area contributed by atoms with E-state index in [9.17, 15) is 4.79 Å². The molecule has 0 atom stereocenters. The van der Waals surface area contributed by atoms with E-state index in [4.69, 9.17) is 10.5 Å². The van der Waals surface area contributed by atoms with Gasteiger partial charge in [-0.3, -0.25) is 4.79 Å². The molecular weight excluding hydrogens is 236 g/mol. The third-order valence-electron chi connectivity index (χ3n) is 1.32. The summed E-state index contributed by atoms with van der Waals surface area (Å²) in [7, 11) is 0. The molecule has 0 aromatic carbocycles. The maximum absolute atomic E-state index is 10.4. The number of aromatic nitrogens is 1. The van der Waals surface area contributed by atoms with Crippen LogP contribution in [0.15, 0.2) is 22.9 Å². The number of rotatable bonds is 4. The predicted octanol–water partition coefficient (Wildman–Crippen LogP) is 1.10. The average Bonchev–Trinajstić information content (AvgIpc) is 2.08. The Kier molecular flexibility index (Phi) is 3.70. The van der Waals surface area contributed by atoms with E-state index < -0.39 is 0 Å². The summed E-state index contributed by atoms with van der Waals surface area (Å²) in [6, 6.07) is 3.53. The smallest absolute Gasteiger partial charge is 0.220 e. The minimum atomic E-state index is -0.370. The van der Waals surface area contributed by atoms with E-state index in [2.05, 4.69) is 20.9 Å². The third kappa shape index (κ3) is 3.89. The van der Waals surface area contributed by atoms with E-state index >= 15 is 0 Å². The molecule has 70 valence electrons. The first-order chi connectivity index (χ1) is 6.18. The molecule has 1 aromatic rings. The normalized spacial score (nSPS) is 9.62. The highest BCUT2D eigenvalue weighted by Crippen LogP contribution is 2.12. The van der Waals surface area contributed by atoms with Crippen molar-refractivity contribution in [3.05, 3.63) is 22.9 Å². The number of halogens is 1. The van der Waals surface area contributed by atoms with Crippen LogP contribution >= 0.6 is 15.9 Å². The van der Waals surface area contributed by atoms with Gasteiger partial charge < -0.3 is 10.5 Å². The van der Waals surface area contributed by atoms with Crippen molar-refractivity contribution in [2.75, 3.05) is 6.61 Å². The number of pyridine rings is 1. The Morgan fingerprint density at radius 1 is 1.62 bits per heavy atom. The Morgan fingerprint density at radius 3 is 2.92 bits per heavy atom. The quantitative estimate of drug-likeness (QED) is 0.807. The van der Waals surface area contributed by atoms with Gasteiger partial charge in [0.1, 0.15) is 10.4 Å². The number of carbonyl (C=O) groups is 1. The Morgan fingerprint density at radius 2 is 2.38 bits per heavy atom. The van der Waals surface area contributed by atoms with Crippen molar-refractivity contribution in [2.24, 2.45) is 5.73 Å². The summed E-state index contributed by atoms with van der Waals surface area (Å²) in [6.07, 6.45) is 1.79. The Balaban J connectivity index is 2.37. The highest BCUT2D eigenvalue weighted by molar-refractivity contribution is 9.10. The van der Waals surface area contributed by atoms with Crippen LogP contribution in [0, 0.1) is 0 Å². The van der Waals surface area contributed by atoms with Gasteiger partial charge in [-0.15, -0.1) is 0 Å². The fraction of sp³-hybridized carbons (Fsp3) is 0.250. The Bertz CT molecular complexity index is 287. The molecule has 1 rings (SSSR count). The van der Waals surface area contributed by atoms with Gasteiger partial charge in [-0.2, -0.15) is 0 Å². The number of nitrogens with zero attached hydrogens (tertiary/aromatic N) is 1. The summed E-state index contributed by atoms with van der Waals surface area (Å²) >= 11 is 3.20. The molecule has 0 spiro atoms. The zero-order chi connectivity index (χ0) is 9.68. The first-order valence-electron chi connectivity index (χ1n) is 3.71. The number of nitrogens with two attached hydrogens (primary N) is 1. The van der Waals surface area contributed by atoms with Crippen molar-refractivity contribution >= 4 is 21.8 Å². The zero-order valence-electron chi connectivity index (χ0n) is 6.87. The van der Waals surface area contributed by atoms with Crippen molar-refractivity contribution in [1.29, 1.82) is 0 Å². The van der Waals surface area contributed by atoms with Gasteiger partial charge in [-0.25, -0.2) is 4.98 Å². The monoisotopic (exact) mass is 244 g/mol. The average molecular weight is 245 g/mol. The van der Waals surface area contributed by atoms with E-state index in [0.717, 1.165) is 4.60 Å². The van der Waals surface area contributed by atoms with Crippen LogP contribution in [0.1, 0.15) is 6.42 Å². The second-order valence-electron chi connectivity index (χ2n) is 2.38. The van der Waals surface area contributed by atoms with Gasteiger partial charge in [0, 0.05) is 0 Å². The lowest BCUT2D eigenvalue weighted by Crippen LogP contribution is -2.14. The van der Waals surface area contributed by atoms with Crippen LogP contribution in [-0.2, 0) is 4.79 Å². The third-order valence-corrected chi connectivity index (χ3v) is 1.79. The summed E-state index contributed by atoms with van der Waals surface area (Å²) in [5.41, 5.74) is 4.94. The molecule has 0 bridgehead atoms. The van der Waals surface area contributed by atoms with E-state index in [1.54, 1.807) is 18.3 Å². The van der Waals surface area contributed by atoms with E-state index in [-0.39, 0.29) is 12.3 Å². The number of amides is 1. The molecule has 2 N–H and O–H groups in total. The van der Waals surface area contributed by atoms with Crippen molar-refractivity contribution in [3.8, 4) is 5.75 Å². The van der Waals surface area contributed by atoms with E-state index in [1.165, 1.54) is 0 Å². The van der Waals surface area contributed by atoms with Gasteiger partial charge in [0.2, 0.25) is 5.91 Å². The zero-order valence-corrected chi connectivity index (χ0v) is 8.45. The number of primary amides is 1. The maximum Gasteiger partial charge on any atom is 0.220 e. The lowest BCUT2D eigenvalue weighted by atomic mass is 10.4.